The van der Waals surface area contributed by atoms with Gasteiger partial charge in [0, 0.05) is 34.0 Å². The Kier molecular flexibility index (Phi) is 5.73. The summed E-state index contributed by atoms with van der Waals surface area (Å²) in [7, 11) is 0. The lowest BCUT2D eigenvalue weighted by atomic mass is 10.0. The Bertz CT molecular complexity index is 1250. The van der Waals surface area contributed by atoms with Crippen molar-refractivity contribution in [1.29, 1.82) is 0 Å². The maximum absolute atomic E-state index is 12.9. The summed E-state index contributed by atoms with van der Waals surface area (Å²) < 4.78 is 8.38. The van der Waals surface area contributed by atoms with Crippen LogP contribution >= 0.6 is 0 Å². The van der Waals surface area contributed by atoms with Crippen LogP contribution in [0.5, 0.6) is 5.75 Å². The zero-order chi connectivity index (χ0) is 22.1. The molecule has 0 saturated carbocycles. The number of carbonyl (C=O) groups is 1. The number of ether oxygens (including phenoxy) is 1. The fourth-order valence-electron chi connectivity index (χ4n) is 4.18. The highest BCUT2D eigenvalue weighted by atomic mass is 16.5. The van der Waals surface area contributed by atoms with E-state index in [9.17, 15) is 4.79 Å². The number of hydrogen-bond acceptors (Lipinski definition) is 2. The molecule has 0 aliphatic heterocycles. The summed E-state index contributed by atoms with van der Waals surface area (Å²) in [6, 6.07) is 20.6. The van der Waals surface area contributed by atoms with E-state index in [1.54, 1.807) is 6.92 Å². The van der Waals surface area contributed by atoms with Crippen LogP contribution in [0.4, 0.5) is 5.69 Å². The number of fused-ring (bicyclic) bond motifs is 3. The number of nitrogens with zero attached hydrogens (tertiary/aromatic N) is 1. The van der Waals surface area contributed by atoms with E-state index in [0.29, 0.717) is 5.92 Å². The van der Waals surface area contributed by atoms with E-state index in [1.165, 1.54) is 16.4 Å². The van der Waals surface area contributed by atoms with Crippen molar-refractivity contribution >= 4 is 33.4 Å². The van der Waals surface area contributed by atoms with E-state index >= 15 is 0 Å². The van der Waals surface area contributed by atoms with Gasteiger partial charge in [-0.05, 0) is 68.1 Å². The van der Waals surface area contributed by atoms with E-state index in [1.807, 2.05) is 19.1 Å². The van der Waals surface area contributed by atoms with Crippen LogP contribution in [-0.2, 0) is 11.3 Å². The molecule has 4 heteroatoms. The first-order chi connectivity index (χ1) is 14.9. The fraction of sp³-hybridized carbons (Fsp3) is 0.296. The number of anilines is 1. The first kappa shape index (κ1) is 21.0. The SMILES string of the molecule is CCn1c2ccccc2c2cc(NC(=O)[C@@H](C)Oc3cc(C)ccc3C(C)C)ccc21. The molecule has 1 N–H and O–H groups in total. The van der Waals surface area contributed by atoms with Gasteiger partial charge >= 0.3 is 0 Å². The molecule has 1 amide bonds. The minimum atomic E-state index is -0.605. The van der Waals surface area contributed by atoms with Crippen LogP contribution in [0.3, 0.4) is 0 Å². The van der Waals surface area contributed by atoms with Gasteiger partial charge in [-0.25, -0.2) is 0 Å². The van der Waals surface area contributed by atoms with Gasteiger partial charge in [0.2, 0.25) is 0 Å². The van der Waals surface area contributed by atoms with Gasteiger partial charge in [-0.2, -0.15) is 0 Å². The molecule has 4 aromatic rings. The summed E-state index contributed by atoms with van der Waals surface area (Å²) in [4.78, 5) is 12.9. The number of benzene rings is 3. The van der Waals surface area contributed by atoms with Crippen molar-refractivity contribution in [2.75, 3.05) is 5.32 Å². The second kappa shape index (κ2) is 8.46. The van der Waals surface area contributed by atoms with Gasteiger partial charge < -0.3 is 14.6 Å². The Morgan fingerprint density at radius 1 is 0.968 bits per heavy atom. The number of nitrogens with one attached hydrogen (secondary N) is 1. The largest absolute Gasteiger partial charge is 0.481 e. The van der Waals surface area contributed by atoms with Crippen LogP contribution in [0.2, 0.25) is 0 Å². The van der Waals surface area contributed by atoms with Crippen molar-refractivity contribution in [2.24, 2.45) is 0 Å². The van der Waals surface area contributed by atoms with Crippen molar-refractivity contribution in [3.05, 3.63) is 71.8 Å². The van der Waals surface area contributed by atoms with E-state index < -0.39 is 6.10 Å². The minimum absolute atomic E-state index is 0.158. The van der Waals surface area contributed by atoms with Crippen LogP contribution in [0, 0.1) is 6.92 Å². The third-order valence-electron chi connectivity index (χ3n) is 5.82. The number of carbonyl (C=O) groups excluding carboxylic acids is 1. The molecule has 0 aliphatic carbocycles. The summed E-state index contributed by atoms with van der Waals surface area (Å²) >= 11 is 0. The second-order valence-corrected chi connectivity index (χ2v) is 8.44. The monoisotopic (exact) mass is 414 g/mol. The first-order valence-electron chi connectivity index (χ1n) is 11.0. The van der Waals surface area contributed by atoms with Gasteiger partial charge in [-0.3, -0.25) is 4.79 Å². The quantitative estimate of drug-likeness (QED) is 0.384. The van der Waals surface area contributed by atoms with Gasteiger partial charge in [0.1, 0.15) is 5.75 Å². The first-order valence-corrected chi connectivity index (χ1v) is 11.0. The topological polar surface area (TPSA) is 43.3 Å². The Morgan fingerprint density at radius 3 is 2.45 bits per heavy atom. The van der Waals surface area contributed by atoms with Crippen LogP contribution in [0.15, 0.2) is 60.7 Å². The summed E-state index contributed by atoms with van der Waals surface area (Å²) in [5.41, 5.74) is 5.39. The Morgan fingerprint density at radius 2 is 1.71 bits per heavy atom. The number of aryl methyl sites for hydroxylation is 2. The molecule has 0 spiro atoms. The minimum Gasteiger partial charge on any atom is -0.481 e. The number of aromatic nitrogens is 1. The summed E-state index contributed by atoms with van der Waals surface area (Å²) in [5.74, 6) is 0.943. The fourth-order valence-corrected chi connectivity index (χ4v) is 4.18. The molecule has 1 heterocycles. The highest BCUT2D eigenvalue weighted by Gasteiger charge is 2.18. The normalized spacial score (nSPS) is 12.5. The molecule has 31 heavy (non-hydrogen) atoms. The molecular formula is C27H30N2O2. The van der Waals surface area contributed by atoms with Crippen molar-refractivity contribution in [1.82, 2.24) is 4.57 Å². The van der Waals surface area contributed by atoms with Crippen LogP contribution < -0.4 is 10.1 Å². The smallest absolute Gasteiger partial charge is 0.265 e. The van der Waals surface area contributed by atoms with Gasteiger partial charge in [0.15, 0.2) is 6.10 Å². The zero-order valence-electron chi connectivity index (χ0n) is 18.9. The van der Waals surface area contributed by atoms with Crippen molar-refractivity contribution in [3.63, 3.8) is 0 Å². The Hall–Kier alpha value is -3.27. The zero-order valence-corrected chi connectivity index (χ0v) is 18.9. The second-order valence-electron chi connectivity index (χ2n) is 8.44. The standard InChI is InChI=1S/C27H30N2O2/c1-6-29-24-10-8-7-9-22(24)23-16-20(12-14-25(23)29)28-27(30)19(5)31-26-15-18(4)11-13-21(26)17(2)3/h7-17,19H,6H2,1-5H3,(H,28,30)/t19-/m1/s1. The van der Waals surface area contributed by atoms with E-state index in [-0.39, 0.29) is 5.91 Å². The summed E-state index contributed by atoms with van der Waals surface area (Å²) in [6.45, 7) is 11.1. The van der Waals surface area contributed by atoms with Gasteiger partial charge in [0.05, 0.1) is 0 Å². The van der Waals surface area contributed by atoms with Gasteiger partial charge in [-0.1, -0.05) is 44.2 Å². The molecule has 4 nitrogen and oxygen atoms in total. The predicted octanol–water partition coefficient (Wildman–Crippen LogP) is 6.65. The van der Waals surface area contributed by atoms with E-state index in [0.717, 1.165) is 34.5 Å². The molecule has 0 radical (unpaired) electrons. The summed E-state index contributed by atoms with van der Waals surface area (Å²) in [5, 5.41) is 5.37. The molecule has 0 saturated heterocycles. The van der Waals surface area contributed by atoms with Gasteiger partial charge in [0.25, 0.3) is 5.91 Å². The Labute approximate surface area is 183 Å². The summed E-state index contributed by atoms with van der Waals surface area (Å²) in [6.07, 6.45) is -0.605. The number of hydrogen-bond donors (Lipinski definition) is 1. The molecule has 0 unspecified atom stereocenters. The lowest BCUT2D eigenvalue weighted by Gasteiger charge is -2.19. The lowest BCUT2D eigenvalue weighted by Crippen LogP contribution is -2.30. The molecule has 3 aromatic carbocycles. The van der Waals surface area contributed by atoms with Crippen LogP contribution in [0.1, 0.15) is 44.7 Å². The molecule has 0 fully saturated rings. The van der Waals surface area contributed by atoms with Gasteiger partial charge in [-0.15, -0.1) is 0 Å². The predicted molar refractivity (Wildman–Crippen MR) is 129 cm³/mol. The molecule has 0 bridgehead atoms. The highest BCUT2D eigenvalue weighted by Crippen LogP contribution is 2.31. The maximum atomic E-state index is 12.9. The van der Waals surface area contributed by atoms with Crippen molar-refractivity contribution in [3.8, 4) is 5.75 Å². The van der Waals surface area contributed by atoms with Crippen molar-refractivity contribution < 1.29 is 9.53 Å². The van der Waals surface area contributed by atoms with E-state index in [4.69, 9.17) is 4.74 Å². The molecule has 1 atom stereocenters. The lowest BCUT2D eigenvalue weighted by molar-refractivity contribution is -0.122. The molecule has 0 aliphatic rings. The molecule has 4 rings (SSSR count). The van der Waals surface area contributed by atoms with E-state index in [2.05, 4.69) is 79.2 Å². The Balaban J connectivity index is 1.59. The van der Waals surface area contributed by atoms with Crippen LogP contribution in [-0.4, -0.2) is 16.6 Å². The maximum Gasteiger partial charge on any atom is 0.265 e. The number of para-hydroxylation sites is 1. The molecule has 160 valence electrons. The molecular weight excluding hydrogens is 384 g/mol. The third-order valence-corrected chi connectivity index (χ3v) is 5.82. The highest BCUT2D eigenvalue weighted by molar-refractivity contribution is 6.10. The third kappa shape index (κ3) is 4.02. The average molecular weight is 415 g/mol. The van der Waals surface area contributed by atoms with Crippen LogP contribution in [0.25, 0.3) is 21.8 Å². The number of amides is 1. The average Bonchev–Trinajstić information content (AvgIpc) is 3.06. The molecule has 1 aromatic heterocycles. The van der Waals surface area contributed by atoms with Crippen molar-refractivity contribution in [2.45, 2.75) is 53.2 Å². The number of rotatable bonds is 6.